The molecule has 0 unspecified atom stereocenters. The molecule has 0 bridgehead atoms. The molecule has 11 heteroatoms. The fraction of sp³-hybridized carbons (Fsp3) is 0. The van der Waals surface area contributed by atoms with Crippen molar-refractivity contribution in [1.82, 2.24) is 0 Å². The molecule has 6 nitrogen and oxygen atoms in total. The van der Waals surface area contributed by atoms with E-state index >= 15 is 0 Å². The number of rotatable bonds is 2. The van der Waals surface area contributed by atoms with Crippen LogP contribution in [0.3, 0.4) is 0 Å². The summed E-state index contributed by atoms with van der Waals surface area (Å²) in [4.78, 5) is 15.5. The number of hydrogen-bond donors (Lipinski definition) is 4. The molecule has 0 aliphatic rings. The molecule has 4 N–H and O–H groups in total. The molecule has 0 fully saturated rings. The van der Waals surface area contributed by atoms with Gasteiger partial charge in [-0.05, 0) is 0 Å². The second-order valence-electron chi connectivity index (χ2n) is 0.922. The minimum Gasteiger partial charge on any atom is -1.00 e. The Morgan fingerprint density at radius 2 is 1.64 bits per heavy atom. The first-order valence-electron chi connectivity index (χ1n) is 1.52. The van der Waals surface area contributed by atoms with Gasteiger partial charge in [0, 0.05) is 22.4 Å². The van der Waals surface area contributed by atoms with Crippen molar-refractivity contribution in [3.63, 3.8) is 0 Å². The van der Waals surface area contributed by atoms with Gasteiger partial charge in [0.25, 0.3) is 0 Å². The Hall–Kier alpha value is 2.13. The van der Waals surface area contributed by atoms with Crippen LogP contribution in [0.5, 0.6) is 0 Å². The van der Waals surface area contributed by atoms with E-state index in [4.69, 9.17) is 19.8 Å². The molecule has 0 aromatic carbocycles. The molecule has 1 radical (unpaired) electrons. The Kier molecular flexibility index (Phi) is 21.5. The number of hydrogen-bond acceptors (Lipinski definition) is 4. The zero-order chi connectivity index (χ0) is 6.78. The number of phosphoric acid groups is 1. The Bertz CT molecular complexity index is 123. The van der Waals surface area contributed by atoms with Crippen LogP contribution in [0.2, 0.25) is 0 Å². The molecular formula is H9AgAlBMgO6P. The predicted octanol–water partition coefficient (Wildman–Crippen LogP) is -3.28. The molecule has 0 atom stereocenters. The quantitative estimate of drug-likeness (QED) is 0.315. The summed E-state index contributed by atoms with van der Waals surface area (Å²) in [7, 11) is -7.14. The van der Waals surface area contributed by atoms with E-state index in [0.29, 0.717) is 0 Å². The van der Waals surface area contributed by atoms with Crippen molar-refractivity contribution in [2.75, 3.05) is 0 Å². The van der Waals surface area contributed by atoms with Crippen molar-refractivity contribution in [2.24, 2.45) is 0 Å². The van der Waals surface area contributed by atoms with Crippen LogP contribution in [0.25, 0.3) is 0 Å². The topological polar surface area (TPSA) is 107 Å². The van der Waals surface area contributed by atoms with Crippen LogP contribution < -0.4 is 0 Å². The smallest absolute Gasteiger partial charge is 1.00 e. The zero-order valence-corrected chi connectivity index (χ0v) is 8.43. The van der Waals surface area contributed by atoms with Gasteiger partial charge in [0.05, 0.1) is 0 Å². The fourth-order valence-corrected chi connectivity index (χ4v) is 0.368. The van der Waals surface area contributed by atoms with Crippen LogP contribution in [0, 0.1) is 0 Å². The summed E-state index contributed by atoms with van der Waals surface area (Å²) >= 11 is 0. The minimum atomic E-state index is -4.72. The van der Waals surface area contributed by atoms with Gasteiger partial charge >= 0.3 is 38.2 Å². The van der Waals surface area contributed by atoms with Gasteiger partial charge in [0.1, 0.15) is 0 Å². The van der Waals surface area contributed by atoms with Crippen molar-refractivity contribution < 1.29 is 54.1 Å². The molecule has 0 aliphatic carbocycles. The molecule has 0 spiro atoms. The standard InChI is InChI=1S/Ag.Al.BH4O6P.Mg.5H/c;;2-1(3)7-8(4,5)6;;;;;;/h;;2-3H,(H2,4,5,6);;;;;;/q;;;+2;;;;2*-1. The first kappa shape index (κ1) is 23.2. The molecule has 11 heavy (non-hydrogen) atoms. The van der Waals surface area contributed by atoms with Gasteiger partial charge in [-0.3, -0.25) is 4.44 Å². The SMILES string of the molecule is O=P(O)(O)OB(O)O.[Ag].[AlH3].[H-].[H-].[Mg+2]. The van der Waals surface area contributed by atoms with Crippen LogP contribution >= 0.6 is 7.82 Å². The summed E-state index contributed by atoms with van der Waals surface area (Å²) in [5.74, 6) is 0. The predicted molar refractivity (Wildman–Crippen MR) is 41.2 cm³/mol. The van der Waals surface area contributed by atoms with Gasteiger partial charge in [-0.1, -0.05) is 0 Å². The van der Waals surface area contributed by atoms with E-state index in [-0.39, 0.29) is 65.6 Å². The van der Waals surface area contributed by atoms with E-state index in [2.05, 4.69) is 4.44 Å². The first-order chi connectivity index (χ1) is 3.42. The maximum atomic E-state index is 9.59. The molecule has 0 aliphatic heterocycles. The molecule has 0 saturated carbocycles. The van der Waals surface area contributed by atoms with E-state index < -0.39 is 15.1 Å². The third-order valence-electron chi connectivity index (χ3n) is 0.232. The van der Waals surface area contributed by atoms with Crippen molar-refractivity contribution in [1.29, 1.82) is 0 Å². The maximum absolute atomic E-state index is 9.59. The fourth-order valence-electron chi connectivity index (χ4n) is 0.123. The molecule has 0 aromatic heterocycles. The minimum absolute atomic E-state index is 0. The third kappa shape index (κ3) is 24.5. The van der Waals surface area contributed by atoms with Gasteiger partial charge in [0.15, 0.2) is 17.4 Å². The van der Waals surface area contributed by atoms with Crippen molar-refractivity contribution in [3.8, 4) is 0 Å². The summed E-state index contributed by atoms with van der Waals surface area (Å²) in [6, 6.07) is 0. The summed E-state index contributed by atoms with van der Waals surface area (Å²) in [5.41, 5.74) is 0. The summed E-state index contributed by atoms with van der Waals surface area (Å²) in [6.07, 6.45) is 0. The van der Waals surface area contributed by atoms with Crippen LogP contribution in [0.4, 0.5) is 0 Å². The largest absolute Gasteiger partial charge is 2.00 e. The Balaban J connectivity index is -0.0000000245. The zero-order valence-electron chi connectivity index (χ0n) is 6.64. The monoisotopic (exact) mass is 305 g/mol. The van der Waals surface area contributed by atoms with Crippen LogP contribution in [-0.2, 0) is 31.4 Å². The molecular weight excluding hydrogens is 297 g/mol. The van der Waals surface area contributed by atoms with E-state index in [1.165, 1.54) is 0 Å². The van der Waals surface area contributed by atoms with Gasteiger partial charge in [0.2, 0.25) is 0 Å². The Morgan fingerprint density at radius 3 is 1.64 bits per heavy atom. The molecule has 0 amide bonds. The molecule has 69 valence electrons. The molecule has 0 heterocycles. The van der Waals surface area contributed by atoms with Crippen LogP contribution in [-0.4, -0.2) is 67.6 Å². The van der Waals surface area contributed by atoms with E-state index in [0.717, 1.165) is 0 Å². The van der Waals surface area contributed by atoms with E-state index in [9.17, 15) is 4.57 Å². The average Bonchev–Trinajstić information content (AvgIpc) is 1.21. The maximum Gasteiger partial charge on any atom is 2.00 e. The first-order valence-corrected chi connectivity index (χ1v) is 3.05. The van der Waals surface area contributed by atoms with Gasteiger partial charge in [-0.25, -0.2) is 4.57 Å². The van der Waals surface area contributed by atoms with Gasteiger partial charge < -0.3 is 22.7 Å². The van der Waals surface area contributed by atoms with Crippen molar-refractivity contribution in [3.05, 3.63) is 0 Å². The Labute approximate surface area is 109 Å². The average molecular weight is 306 g/mol. The molecule has 0 rings (SSSR count). The normalized spacial score (nSPS) is 8.36. The third-order valence-corrected chi connectivity index (χ3v) is 0.695. The second kappa shape index (κ2) is 10.2. The van der Waals surface area contributed by atoms with Gasteiger partial charge in [-0.2, -0.15) is 0 Å². The van der Waals surface area contributed by atoms with Gasteiger partial charge in [-0.15, -0.1) is 0 Å². The summed E-state index contributed by atoms with van der Waals surface area (Å²) in [5, 5.41) is 15.5. The Morgan fingerprint density at radius 1 is 1.36 bits per heavy atom. The van der Waals surface area contributed by atoms with Crippen molar-refractivity contribution in [2.45, 2.75) is 0 Å². The van der Waals surface area contributed by atoms with Crippen LogP contribution in [0.15, 0.2) is 0 Å². The van der Waals surface area contributed by atoms with E-state index in [1.807, 2.05) is 0 Å². The summed E-state index contributed by atoms with van der Waals surface area (Å²) in [6.45, 7) is 0. The summed E-state index contributed by atoms with van der Waals surface area (Å²) < 4.78 is 12.8. The van der Waals surface area contributed by atoms with Crippen molar-refractivity contribution >= 4 is 55.6 Å². The van der Waals surface area contributed by atoms with Crippen LogP contribution in [0.1, 0.15) is 2.85 Å². The van der Waals surface area contributed by atoms with E-state index in [1.54, 1.807) is 0 Å². The molecule has 0 aromatic rings. The second-order valence-corrected chi connectivity index (χ2v) is 2.11. The molecule has 0 saturated heterocycles.